The summed E-state index contributed by atoms with van der Waals surface area (Å²) in [5.41, 5.74) is -0.243. The number of hydrogen-bond donors (Lipinski definition) is 1. The minimum atomic E-state index is -0.243. The summed E-state index contributed by atoms with van der Waals surface area (Å²) < 4.78 is 0. The van der Waals surface area contributed by atoms with Crippen LogP contribution in [0.2, 0.25) is 0 Å². The summed E-state index contributed by atoms with van der Waals surface area (Å²) in [7, 11) is 0. The van der Waals surface area contributed by atoms with E-state index in [2.05, 4.69) is 37.1 Å². The molecule has 1 aliphatic heterocycles. The number of rotatable bonds is 4. The predicted octanol–water partition coefficient (Wildman–Crippen LogP) is 2.78. The Morgan fingerprint density at radius 3 is 2.74 bits per heavy atom. The van der Waals surface area contributed by atoms with Crippen LogP contribution in [0.25, 0.3) is 0 Å². The average molecular weight is 263 g/mol. The largest absolute Gasteiger partial charge is 0.300 e. The van der Waals surface area contributed by atoms with Gasteiger partial charge in [-0.2, -0.15) is 5.26 Å². The van der Waals surface area contributed by atoms with E-state index in [-0.39, 0.29) is 5.54 Å². The van der Waals surface area contributed by atoms with Crippen LogP contribution in [0.15, 0.2) is 0 Å². The number of nitrogens with one attached hydrogen (secondary N) is 1. The van der Waals surface area contributed by atoms with E-state index >= 15 is 0 Å². The summed E-state index contributed by atoms with van der Waals surface area (Å²) in [5.74, 6) is 1.66. The highest BCUT2D eigenvalue weighted by atomic mass is 15.2. The Hall–Kier alpha value is -0.590. The third kappa shape index (κ3) is 3.30. The smallest absolute Gasteiger partial charge is 0.108 e. The number of hydrogen-bond acceptors (Lipinski definition) is 3. The second-order valence-corrected chi connectivity index (χ2v) is 6.76. The van der Waals surface area contributed by atoms with Crippen molar-refractivity contribution >= 4 is 0 Å². The first kappa shape index (κ1) is 14.8. The molecule has 0 amide bonds. The second-order valence-electron chi connectivity index (χ2n) is 6.76. The molecule has 1 aliphatic carbocycles. The van der Waals surface area contributed by atoms with Gasteiger partial charge in [0.05, 0.1) is 6.07 Å². The lowest BCUT2D eigenvalue weighted by molar-refractivity contribution is 0.0951. The highest BCUT2D eigenvalue weighted by Crippen LogP contribution is 2.35. The van der Waals surface area contributed by atoms with Crippen molar-refractivity contribution in [1.82, 2.24) is 10.2 Å². The van der Waals surface area contributed by atoms with E-state index in [4.69, 9.17) is 0 Å². The Labute approximate surface area is 118 Å². The van der Waals surface area contributed by atoms with Crippen LogP contribution in [-0.2, 0) is 0 Å². The molecule has 3 heteroatoms. The molecule has 4 unspecified atom stereocenters. The van der Waals surface area contributed by atoms with Crippen LogP contribution in [0.4, 0.5) is 0 Å². The van der Waals surface area contributed by atoms with Crippen LogP contribution in [0, 0.1) is 23.2 Å². The Morgan fingerprint density at radius 2 is 2.11 bits per heavy atom. The van der Waals surface area contributed by atoms with Crippen molar-refractivity contribution in [2.75, 3.05) is 19.6 Å². The molecule has 0 aromatic heterocycles. The van der Waals surface area contributed by atoms with Gasteiger partial charge in [0.2, 0.25) is 0 Å². The fourth-order valence-electron chi connectivity index (χ4n) is 3.62. The van der Waals surface area contributed by atoms with E-state index in [9.17, 15) is 5.26 Å². The van der Waals surface area contributed by atoms with Crippen molar-refractivity contribution in [2.45, 2.75) is 64.5 Å². The highest BCUT2D eigenvalue weighted by Gasteiger charge is 2.42. The maximum Gasteiger partial charge on any atom is 0.108 e. The highest BCUT2D eigenvalue weighted by molar-refractivity contribution is 5.13. The van der Waals surface area contributed by atoms with E-state index in [0.717, 1.165) is 37.6 Å². The van der Waals surface area contributed by atoms with Gasteiger partial charge in [0.15, 0.2) is 0 Å². The molecule has 0 aromatic carbocycles. The molecule has 3 nitrogen and oxygen atoms in total. The molecule has 1 N–H and O–H groups in total. The molecule has 19 heavy (non-hydrogen) atoms. The van der Waals surface area contributed by atoms with Gasteiger partial charge in [0, 0.05) is 12.6 Å². The van der Waals surface area contributed by atoms with Gasteiger partial charge in [-0.05, 0) is 57.0 Å². The zero-order valence-electron chi connectivity index (χ0n) is 12.8. The summed E-state index contributed by atoms with van der Waals surface area (Å²) in [6.45, 7) is 10.3. The summed E-state index contributed by atoms with van der Waals surface area (Å²) in [6.07, 6.45) is 5.65. The van der Waals surface area contributed by atoms with Crippen LogP contribution in [0.1, 0.15) is 52.9 Å². The first-order valence-corrected chi connectivity index (χ1v) is 8.00. The third-order valence-electron chi connectivity index (χ3n) is 5.30. The fraction of sp³-hybridized carbons (Fsp3) is 0.938. The maximum absolute atomic E-state index is 9.52. The quantitative estimate of drug-likeness (QED) is 0.847. The normalized spacial score (nSPS) is 40.2. The van der Waals surface area contributed by atoms with Crippen molar-refractivity contribution in [3.05, 3.63) is 0 Å². The molecule has 1 saturated carbocycles. The van der Waals surface area contributed by atoms with Gasteiger partial charge in [0.1, 0.15) is 5.54 Å². The standard InChI is InChI=1S/C16H29N3/c1-4-8-18-16(12-17)7-5-15(10-16)19-9-6-13(2)14(3)11-19/h13-15,18H,4-11H2,1-3H3. The van der Waals surface area contributed by atoms with Gasteiger partial charge in [-0.25, -0.2) is 0 Å². The van der Waals surface area contributed by atoms with Crippen molar-refractivity contribution in [2.24, 2.45) is 11.8 Å². The second kappa shape index (κ2) is 6.24. The van der Waals surface area contributed by atoms with Crippen LogP contribution < -0.4 is 5.32 Å². The average Bonchev–Trinajstić information content (AvgIpc) is 2.85. The Kier molecular flexibility index (Phi) is 4.86. The first-order chi connectivity index (χ1) is 9.10. The van der Waals surface area contributed by atoms with E-state index in [0.29, 0.717) is 6.04 Å². The Bertz CT molecular complexity index is 335. The molecule has 0 radical (unpaired) electrons. The van der Waals surface area contributed by atoms with Gasteiger partial charge in [-0.3, -0.25) is 10.2 Å². The van der Waals surface area contributed by atoms with Gasteiger partial charge in [0.25, 0.3) is 0 Å². The van der Waals surface area contributed by atoms with Crippen LogP contribution in [0.3, 0.4) is 0 Å². The van der Waals surface area contributed by atoms with Gasteiger partial charge >= 0.3 is 0 Å². The molecule has 2 aliphatic rings. The molecule has 0 spiro atoms. The SMILES string of the molecule is CCCNC1(C#N)CCC(N2CCC(C)C(C)C2)C1. The number of piperidine rings is 1. The molecule has 2 rings (SSSR count). The summed E-state index contributed by atoms with van der Waals surface area (Å²) in [5, 5.41) is 13.0. The molecule has 1 heterocycles. The lowest BCUT2D eigenvalue weighted by atomic mass is 9.87. The summed E-state index contributed by atoms with van der Waals surface area (Å²) in [4.78, 5) is 2.65. The predicted molar refractivity (Wildman–Crippen MR) is 78.8 cm³/mol. The topological polar surface area (TPSA) is 39.1 Å². The molecule has 4 atom stereocenters. The molecular weight excluding hydrogens is 234 g/mol. The molecule has 108 valence electrons. The van der Waals surface area contributed by atoms with E-state index in [1.54, 1.807) is 0 Å². The van der Waals surface area contributed by atoms with Crippen molar-refractivity contribution < 1.29 is 0 Å². The first-order valence-electron chi connectivity index (χ1n) is 8.00. The van der Waals surface area contributed by atoms with E-state index < -0.39 is 0 Å². The summed E-state index contributed by atoms with van der Waals surface area (Å²) >= 11 is 0. The minimum Gasteiger partial charge on any atom is -0.300 e. The zero-order chi connectivity index (χ0) is 13.9. The Morgan fingerprint density at radius 1 is 1.32 bits per heavy atom. The molecule has 0 bridgehead atoms. The van der Waals surface area contributed by atoms with Crippen molar-refractivity contribution in [3.8, 4) is 6.07 Å². The zero-order valence-corrected chi connectivity index (χ0v) is 12.8. The van der Waals surface area contributed by atoms with Crippen molar-refractivity contribution in [1.29, 1.82) is 5.26 Å². The van der Waals surface area contributed by atoms with Crippen molar-refractivity contribution in [3.63, 3.8) is 0 Å². The van der Waals surface area contributed by atoms with E-state index in [1.807, 2.05) is 0 Å². The van der Waals surface area contributed by atoms with Gasteiger partial charge in [-0.15, -0.1) is 0 Å². The third-order valence-corrected chi connectivity index (χ3v) is 5.30. The molecule has 2 fully saturated rings. The molecular formula is C16H29N3. The molecule has 0 aromatic rings. The van der Waals surface area contributed by atoms with E-state index in [1.165, 1.54) is 25.9 Å². The Balaban J connectivity index is 1.92. The van der Waals surface area contributed by atoms with Crippen LogP contribution in [0.5, 0.6) is 0 Å². The summed E-state index contributed by atoms with van der Waals surface area (Å²) in [6, 6.07) is 3.19. The minimum absolute atomic E-state index is 0.243. The number of likely N-dealkylation sites (tertiary alicyclic amines) is 1. The van der Waals surface area contributed by atoms with Gasteiger partial charge < -0.3 is 0 Å². The monoisotopic (exact) mass is 263 g/mol. The fourth-order valence-corrected chi connectivity index (χ4v) is 3.62. The number of nitrogens with zero attached hydrogens (tertiary/aromatic N) is 2. The lowest BCUT2D eigenvalue weighted by Crippen LogP contribution is -2.47. The van der Waals surface area contributed by atoms with Crippen LogP contribution in [-0.4, -0.2) is 36.1 Å². The molecule has 1 saturated heterocycles. The van der Waals surface area contributed by atoms with Gasteiger partial charge in [-0.1, -0.05) is 20.8 Å². The lowest BCUT2D eigenvalue weighted by Gasteiger charge is -2.39. The number of nitriles is 1. The van der Waals surface area contributed by atoms with Crippen LogP contribution >= 0.6 is 0 Å². The maximum atomic E-state index is 9.52.